The predicted molar refractivity (Wildman–Crippen MR) is 120 cm³/mol. The summed E-state index contributed by atoms with van der Waals surface area (Å²) in [5.41, 5.74) is 0.325. The van der Waals surface area contributed by atoms with Crippen molar-refractivity contribution in [2.45, 2.75) is 43.4 Å². The highest BCUT2D eigenvalue weighted by Gasteiger charge is 2.74. The standard InChI is InChI=1S/C24H29N3O8/c1-26(2)17(29)8-7-14-5-3-4-6-15(14)12-27-20-22(30)34-16-11-24(20,23(31)25-9-10-28)21(35-27)19-18(16)32-13-33-19/h3-8,16,18-21,28H,9-13H2,1-2H3,(H,25,31). The van der Waals surface area contributed by atoms with Crippen molar-refractivity contribution >= 4 is 23.9 Å². The minimum absolute atomic E-state index is 0.0236. The van der Waals surface area contributed by atoms with Crippen LogP contribution in [0.2, 0.25) is 0 Å². The molecule has 2 amide bonds. The van der Waals surface area contributed by atoms with Crippen LogP contribution in [-0.2, 0) is 40.0 Å². The van der Waals surface area contributed by atoms with Gasteiger partial charge in [-0.2, -0.15) is 5.06 Å². The molecule has 0 aromatic heterocycles. The fourth-order valence-electron chi connectivity index (χ4n) is 5.49. The summed E-state index contributed by atoms with van der Waals surface area (Å²) in [4.78, 5) is 46.6. The lowest BCUT2D eigenvalue weighted by atomic mass is 9.62. The number of ether oxygens (including phenoxy) is 3. The summed E-state index contributed by atoms with van der Waals surface area (Å²) in [7, 11) is 3.34. The topological polar surface area (TPSA) is 127 Å². The van der Waals surface area contributed by atoms with Gasteiger partial charge in [0.05, 0.1) is 13.2 Å². The minimum Gasteiger partial charge on any atom is -0.458 e. The Bertz CT molecular complexity index is 1050. The first-order valence-corrected chi connectivity index (χ1v) is 11.6. The number of amides is 2. The van der Waals surface area contributed by atoms with E-state index in [4.69, 9.17) is 19.0 Å². The first kappa shape index (κ1) is 23.9. The van der Waals surface area contributed by atoms with Gasteiger partial charge in [0.2, 0.25) is 11.8 Å². The van der Waals surface area contributed by atoms with Gasteiger partial charge < -0.3 is 29.5 Å². The molecule has 3 heterocycles. The number of likely N-dealkylation sites (N-methyl/N-ethyl adjacent to an activating group) is 1. The fourth-order valence-corrected chi connectivity index (χ4v) is 5.49. The number of hydrogen-bond acceptors (Lipinski definition) is 9. The number of nitrogens with zero attached hydrogens (tertiary/aromatic N) is 2. The smallest absolute Gasteiger partial charge is 0.327 e. The normalized spacial score (nSPS) is 33.5. The third-order valence-electron chi connectivity index (χ3n) is 7.12. The molecule has 4 fully saturated rings. The van der Waals surface area contributed by atoms with E-state index in [1.165, 1.54) is 16.0 Å². The average molecular weight is 488 g/mol. The number of hydrogen-bond donors (Lipinski definition) is 2. The van der Waals surface area contributed by atoms with E-state index >= 15 is 0 Å². The number of benzene rings is 1. The van der Waals surface area contributed by atoms with Crippen molar-refractivity contribution < 1.29 is 38.5 Å². The Balaban J connectivity index is 1.49. The largest absolute Gasteiger partial charge is 0.458 e. The summed E-state index contributed by atoms with van der Waals surface area (Å²) in [5.74, 6) is -1.11. The van der Waals surface area contributed by atoms with Crippen LogP contribution in [0, 0.1) is 5.41 Å². The molecule has 2 bridgehead atoms. The van der Waals surface area contributed by atoms with Crippen molar-refractivity contribution in [1.29, 1.82) is 0 Å². The molecule has 3 saturated heterocycles. The Kier molecular flexibility index (Phi) is 6.36. The van der Waals surface area contributed by atoms with E-state index in [1.807, 2.05) is 24.3 Å². The average Bonchev–Trinajstić information content (AvgIpc) is 3.46. The van der Waals surface area contributed by atoms with Crippen LogP contribution in [0.1, 0.15) is 17.5 Å². The fraction of sp³-hybridized carbons (Fsp3) is 0.542. The van der Waals surface area contributed by atoms with Gasteiger partial charge in [0.15, 0.2) is 6.04 Å². The summed E-state index contributed by atoms with van der Waals surface area (Å²) in [6.45, 7) is 0.0199. The molecule has 6 unspecified atom stereocenters. The molecule has 1 aliphatic carbocycles. The van der Waals surface area contributed by atoms with Crippen molar-refractivity contribution in [3.8, 4) is 0 Å². The molecule has 3 aliphatic heterocycles. The van der Waals surface area contributed by atoms with Gasteiger partial charge in [-0.15, -0.1) is 0 Å². The van der Waals surface area contributed by atoms with Crippen molar-refractivity contribution in [1.82, 2.24) is 15.3 Å². The molecule has 35 heavy (non-hydrogen) atoms. The zero-order valence-electron chi connectivity index (χ0n) is 19.6. The Morgan fingerprint density at radius 2 is 2.03 bits per heavy atom. The predicted octanol–water partition coefficient (Wildman–Crippen LogP) is -0.562. The van der Waals surface area contributed by atoms with Crippen LogP contribution in [0.3, 0.4) is 0 Å². The molecule has 1 aromatic carbocycles. The molecule has 4 aliphatic rings. The number of carbonyl (C=O) groups excluding carboxylic acids is 3. The van der Waals surface area contributed by atoms with Crippen molar-refractivity contribution in [3.05, 3.63) is 41.5 Å². The van der Waals surface area contributed by atoms with E-state index in [-0.39, 0.29) is 44.7 Å². The number of hydroxylamine groups is 2. The first-order valence-electron chi connectivity index (χ1n) is 11.6. The second-order valence-electron chi connectivity index (χ2n) is 9.35. The zero-order chi connectivity index (χ0) is 24.7. The number of aliphatic hydroxyl groups excluding tert-OH is 1. The number of carbonyl (C=O) groups is 3. The number of fused-ring (bicyclic) bond motifs is 4. The van der Waals surface area contributed by atoms with Gasteiger partial charge in [0.25, 0.3) is 0 Å². The van der Waals surface area contributed by atoms with Crippen molar-refractivity contribution in [3.63, 3.8) is 0 Å². The Morgan fingerprint density at radius 1 is 1.26 bits per heavy atom. The molecule has 2 N–H and O–H groups in total. The number of aliphatic hydroxyl groups is 1. The third-order valence-corrected chi connectivity index (χ3v) is 7.12. The van der Waals surface area contributed by atoms with Gasteiger partial charge in [0, 0.05) is 33.1 Å². The highest BCUT2D eigenvalue weighted by atomic mass is 16.8. The third kappa shape index (κ3) is 3.93. The summed E-state index contributed by atoms with van der Waals surface area (Å²) in [5, 5.41) is 13.5. The summed E-state index contributed by atoms with van der Waals surface area (Å²) in [6, 6.07) is 6.44. The summed E-state index contributed by atoms with van der Waals surface area (Å²) >= 11 is 0. The molecule has 11 heteroatoms. The monoisotopic (exact) mass is 487 g/mol. The molecule has 0 radical (unpaired) electrons. The van der Waals surface area contributed by atoms with Gasteiger partial charge in [-0.1, -0.05) is 24.3 Å². The second-order valence-corrected chi connectivity index (χ2v) is 9.35. The molecule has 11 nitrogen and oxygen atoms in total. The van der Waals surface area contributed by atoms with Crippen LogP contribution in [-0.4, -0.2) is 97.4 Å². The second kappa shape index (κ2) is 9.32. The van der Waals surface area contributed by atoms with Crippen molar-refractivity contribution in [2.75, 3.05) is 34.0 Å². The van der Waals surface area contributed by atoms with Gasteiger partial charge >= 0.3 is 5.97 Å². The molecule has 1 aromatic rings. The van der Waals surface area contributed by atoms with E-state index in [2.05, 4.69) is 5.32 Å². The van der Waals surface area contributed by atoms with E-state index in [0.29, 0.717) is 0 Å². The Labute approximate surface area is 202 Å². The van der Waals surface area contributed by atoms with Gasteiger partial charge in [-0.05, 0) is 17.2 Å². The van der Waals surface area contributed by atoms with E-state index in [1.54, 1.807) is 20.2 Å². The van der Waals surface area contributed by atoms with Gasteiger partial charge in [-0.3, -0.25) is 19.2 Å². The van der Waals surface area contributed by atoms with Crippen molar-refractivity contribution in [2.24, 2.45) is 5.41 Å². The van der Waals surface area contributed by atoms with Crippen LogP contribution in [0.15, 0.2) is 30.3 Å². The molecule has 5 rings (SSSR count). The van der Waals surface area contributed by atoms with E-state index in [0.717, 1.165) is 11.1 Å². The highest BCUT2D eigenvalue weighted by molar-refractivity contribution is 5.94. The van der Waals surface area contributed by atoms with Crippen LogP contribution < -0.4 is 5.32 Å². The summed E-state index contributed by atoms with van der Waals surface area (Å²) < 4.78 is 17.2. The number of nitrogens with one attached hydrogen (secondary N) is 1. The van der Waals surface area contributed by atoms with Crippen LogP contribution >= 0.6 is 0 Å². The zero-order valence-corrected chi connectivity index (χ0v) is 19.6. The molecular formula is C24H29N3O8. The summed E-state index contributed by atoms with van der Waals surface area (Å²) in [6.07, 6.45) is 0.924. The molecule has 0 spiro atoms. The molecular weight excluding hydrogens is 458 g/mol. The van der Waals surface area contributed by atoms with E-state index in [9.17, 15) is 19.5 Å². The lowest BCUT2D eigenvalue weighted by Gasteiger charge is -2.48. The molecule has 6 atom stereocenters. The highest BCUT2D eigenvalue weighted by Crippen LogP contribution is 2.55. The molecule has 1 saturated carbocycles. The lowest BCUT2D eigenvalue weighted by Crippen LogP contribution is -2.69. The van der Waals surface area contributed by atoms with Crippen LogP contribution in [0.5, 0.6) is 0 Å². The maximum absolute atomic E-state index is 13.5. The minimum atomic E-state index is -1.25. The van der Waals surface area contributed by atoms with Gasteiger partial charge in [0.1, 0.15) is 36.6 Å². The lowest BCUT2D eigenvalue weighted by molar-refractivity contribution is -0.201. The number of rotatable bonds is 7. The van der Waals surface area contributed by atoms with Gasteiger partial charge in [-0.25, -0.2) is 0 Å². The number of esters is 1. The Morgan fingerprint density at radius 3 is 2.80 bits per heavy atom. The molecule has 188 valence electrons. The SMILES string of the molecule is CN(C)C(=O)C=Cc1ccccc1CN1OC2C3OCOC3C3CC2(C(=O)NCCO)C1C(=O)O3. The maximum Gasteiger partial charge on any atom is 0.327 e. The maximum atomic E-state index is 13.5. The van der Waals surface area contributed by atoms with Crippen LogP contribution in [0.4, 0.5) is 0 Å². The van der Waals surface area contributed by atoms with Crippen LogP contribution in [0.25, 0.3) is 6.08 Å². The first-order chi connectivity index (χ1) is 16.9. The van der Waals surface area contributed by atoms with E-state index < -0.39 is 41.8 Å². The quantitative estimate of drug-likeness (QED) is 0.384. The Hall–Kier alpha value is -2.83.